The molecule has 0 spiro atoms. The third-order valence-electron chi connectivity index (χ3n) is 12.2. The van der Waals surface area contributed by atoms with Crippen LogP contribution in [0.25, 0.3) is 0 Å². The molecule has 0 aliphatic carbocycles. The Balaban J connectivity index is 3.95. The summed E-state index contributed by atoms with van der Waals surface area (Å²) >= 11 is 0. The first-order chi connectivity index (χ1) is 30.0. The summed E-state index contributed by atoms with van der Waals surface area (Å²) in [5.74, 6) is -0.197. The average Bonchev–Trinajstić information content (AvgIpc) is 3.23. The molecule has 0 fully saturated rings. The second-order valence-corrected chi connectivity index (χ2v) is 21.0. The Morgan fingerprint density at radius 2 is 0.887 bits per heavy atom. The van der Waals surface area contributed by atoms with Crippen LogP contribution in [0.4, 0.5) is 0 Å². The standard InChI is InChI=1S/C53H105N2O6P/c1-6-8-10-12-14-16-17-18-19-20-21-22-23-24-25-26-27-28-29-30-31-32-33-34-35-36-37-39-41-43-45-47-53(57)54-51(50-61-62(58,59)60-49-48-55(3,4)5)52(56)46-44-42-40-38-15-13-11-9-7-2/h24-25,44,46,51-52,56H,6-23,26-43,45,47-50H2,1-5H3,(H-,54,57,58,59)/b25-24-,46-44+. The smallest absolute Gasteiger partial charge is 0.268 e. The Morgan fingerprint density at radius 1 is 0.548 bits per heavy atom. The van der Waals surface area contributed by atoms with Gasteiger partial charge < -0.3 is 28.8 Å². The van der Waals surface area contributed by atoms with Crippen LogP contribution >= 0.6 is 7.82 Å². The molecule has 0 bridgehead atoms. The minimum absolute atomic E-state index is 0.000464. The van der Waals surface area contributed by atoms with Gasteiger partial charge in [-0.1, -0.05) is 231 Å². The highest BCUT2D eigenvalue weighted by Gasteiger charge is 2.23. The van der Waals surface area contributed by atoms with E-state index in [0.717, 1.165) is 38.5 Å². The number of hydrogen-bond acceptors (Lipinski definition) is 6. The molecule has 0 aromatic heterocycles. The fourth-order valence-electron chi connectivity index (χ4n) is 7.91. The number of carbonyl (C=O) groups excluding carboxylic acids is 1. The highest BCUT2D eigenvalue weighted by Crippen LogP contribution is 2.38. The molecule has 0 saturated heterocycles. The number of amides is 1. The lowest BCUT2D eigenvalue weighted by atomic mass is 10.0. The van der Waals surface area contributed by atoms with Crippen LogP contribution in [0, 0.1) is 0 Å². The van der Waals surface area contributed by atoms with Gasteiger partial charge >= 0.3 is 0 Å². The quantitative estimate of drug-likeness (QED) is 0.0273. The summed E-state index contributed by atoms with van der Waals surface area (Å²) < 4.78 is 23.2. The number of aliphatic hydroxyl groups excluding tert-OH is 1. The number of nitrogens with zero attached hydrogens (tertiary/aromatic N) is 1. The molecule has 62 heavy (non-hydrogen) atoms. The van der Waals surface area contributed by atoms with Gasteiger partial charge in [0.2, 0.25) is 5.91 Å². The van der Waals surface area contributed by atoms with Gasteiger partial charge in [-0.2, -0.15) is 0 Å². The zero-order valence-corrected chi connectivity index (χ0v) is 42.7. The van der Waals surface area contributed by atoms with Crippen LogP contribution < -0.4 is 10.2 Å². The van der Waals surface area contributed by atoms with Gasteiger partial charge in [-0.15, -0.1) is 0 Å². The van der Waals surface area contributed by atoms with Crippen molar-refractivity contribution in [2.24, 2.45) is 0 Å². The molecule has 0 aromatic rings. The molecular formula is C53H105N2O6P. The third-order valence-corrected chi connectivity index (χ3v) is 13.1. The molecule has 0 rings (SSSR count). The van der Waals surface area contributed by atoms with E-state index in [4.69, 9.17) is 9.05 Å². The maximum absolute atomic E-state index is 12.9. The van der Waals surface area contributed by atoms with Crippen LogP contribution in [0.5, 0.6) is 0 Å². The van der Waals surface area contributed by atoms with E-state index in [2.05, 4.69) is 31.3 Å². The minimum Gasteiger partial charge on any atom is -0.756 e. The van der Waals surface area contributed by atoms with Crippen molar-refractivity contribution in [2.45, 2.75) is 270 Å². The highest BCUT2D eigenvalue weighted by molar-refractivity contribution is 7.45. The molecule has 0 aliphatic heterocycles. The monoisotopic (exact) mass is 897 g/mol. The zero-order valence-electron chi connectivity index (χ0n) is 41.8. The van der Waals surface area contributed by atoms with Crippen molar-refractivity contribution in [3.63, 3.8) is 0 Å². The number of rotatable bonds is 49. The van der Waals surface area contributed by atoms with E-state index in [1.807, 2.05) is 27.2 Å². The lowest BCUT2D eigenvalue weighted by molar-refractivity contribution is -0.870. The molecule has 9 heteroatoms. The summed E-state index contributed by atoms with van der Waals surface area (Å²) in [7, 11) is 1.27. The van der Waals surface area contributed by atoms with Gasteiger partial charge in [0, 0.05) is 6.42 Å². The number of nitrogens with one attached hydrogen (secondary N) is 1. The summed E-state index contributed by atoms with van der Waals surface area (Å²) in [6.45, 7) is 4.63. The van der Waals surface area contributed by atoms with Gasteiger partial charge in [0.05, 0.1) is 39.9 Å². The second-order valence-electron chi connectivity index (χ2n) is 19.6. The Morgan fingerprint density at radius 3 is 1.26 bits per heavy atom. The van der Waals surface area contributed by atoms with Crippen LogP contribution in [-0.2, 0) is 18.4 Å². The van der Waals surface area contributed by atoms with Gasteiger partial charge in [0.1, 0.15) is 13.2 Å². The molecule has 2 N–H and O–H groups in total. The normalized spacial score (nSPS) is 14.2. The molecule has 1 amide bonds. The molecule has 3 atom stereocenters. The number of allylic oxidation sites excluding steroid dienone is 3. The summed E-state index contributed by atoms with van der Waals surface area (Å²) in [6.07, 6.45) is 55.6. The Kier molecular flexibility index (Phi) is 44.4. The number of phosphoric ester groups is 1. The molecule has 0 radical (unpaired) electrons. The predicted octanol–water partition coefficient (Wildman–Crippen LogP) is 15.0. The molecule has 0 aliphatic rings. The number of phosphoric acid groups is 1. The number of likely N-dealkylation sites (N-methyl/N-ethyl adjacent to an activating group) is 1. The van der Waals surface area contributed by atoms with Crippen molar-refractivity contribution in [2.75, 3.05) is 40.9 Å². The van der Waals surface area contributed by atoms with Gasteiger partial charge in [0.15, 0.2) is 0 Å². The SMILES string of the molecule is CCCCCCCCC/C=C/C(O)C(COP(=O)([O-])OCC[N+](C)(C)C)NC(=O)CCCCCCCCCCCCCCCCC/C=C\CCCCCCCCCCCCCC. The van der Waals surface area contributed by atoms with E-state index < -0.39 is 20.0 Å². The van der Waals surface area contributed by atoms with Crippen molar-refractivity contribution in [1.82, 2.24) is 5.32 Å². The number of unbranched alkanes of at least 4 members (excludes halogenated alkanes) is 34. The van der Waals surface area contributed by atoms with E-state index >= 15 is 0 Å². The lowest BCUT2D eigenvalue weighted by Crippen LogP contribution is -2.45. The number of quaternary nitrogens is 1. The van der Waals surface area contributed by atoms with Crippen molar-refractivity contribution >= 4 is 13.7 Å². The fraction of sp³-hybridized carbons (Fsp3) is 0.906. The van der Waals surface area contributed by atoms with Crippen molar-refractivity contribution in [1.29, 1.82) is 0 Å². The molecule has 8 nitrogen and oxygen atoms in total. The Bertz CT molecular complexity index is 1060. The van der Waals surface area contributed by atoms with Crippen molar-refractivity contribution < 1.29 is 32.9 Å². The Labute approximate surface area is 385 Å². The topological polar surface area (TPSA) is 108 Å². The largest absolute Gasteiger partial charge is 0.756 e. The first-order valence-corrected chi connectivity index (χ1v) is 28.2. The number of aliphatic hydroxyl groups is 1. The first kappa shape index (κ1) is 61.0. The highest BCUT2D eigenvalue weighted by atomic mass is 31.2. The van der Waals surface area contributed by atoms with Crippen LogP contribution in [0.2, 0.25) is 0 Å². The van der Waals surface area contributed by atoms with E-state index in [0.29, 0.717) is 17.4 Å². The fourth-order valence-corrected chi connectivity index (χ4v) is 8.64. The molecule has 0 aromatic carbocycles. The Hall–Kier alpha value is -1.02. The van der Waals surface area contributed by atoms with Crippen LogP contribution in [0.15, 0.2) is 24.3 Å². The molecule has 0 saturated carbocycles. The summed E-state index contributed by atoms with van der Waals surface area (Å²) in [5, 5.41) is 13.7. The maximum atomic E-state index is 12.9. The third kappa shape index (κ3) is 47.0. The summed E-state index contributed by atoms with van der Waals surface area (Å²) in [5.41, 5.74) is 0. The zero-order chi connectivity index (χ0) is 45.7. The maximum Gasteiger partial charge on any atom is 0.268 e. The van der Waals surface area contributed by atoms with E-state index in [1.54, 1.807) is 6.08 Å². The van der Waals surface area contributed by atoms with Crippen LogP contribution in [0.3, 0.4) is 0 Å². The number of hydrogen-bond donors (Lipinski definition) is 2. The molecular weight excluding hydrogens is 792 g/mol. The first-order valence-electron chi connectivity index (χ1n) is 26.7. The van der Waals surface area contributed by atoms with Gasteiger partial charge in [-0.3, -0.25) is 9.36 Å². The van der Waals surface area contributed by atoms with Crippen molar-refractivity contribution in [3.05, 3.63) is 24.3 Å². The van der Waals surface area contributed by atoms with E-state index in [9.17, 15) is 19.4 Å². The van der Waals surface area contributed by atoms with Crippen LogP contribution in [-0.4, -0.2) is 68.5 Å². The molecule has 3 unspecified atom stereocenters. The minimum atomic E-state index is -4.58. The van der Waals surface area contributed by atoms with Crippen LogP contribution in [0.1, 0.15) is 258 Å². The molecule has 368 valence electrons. The summed E-state index contributed by atoms with van der Waals surface area (Å²) in [6, 6.07) is -0.881. The van der Waals surface area contributed by atoms with E-state index in [1.165, 1.54) is 199 Å². The summed E-state index contributed by atoms with van der Waals surface area (Å²) in [4.78, 5) is 25.3. The van der Waals surface area contributed by atoms with Crippen molar-refractivity contribution in [3.8, 4) is 0 Å². The van der Waals surface area contributed by atoms with Gasteiger partial charge in [-0.05, 0) is 44.9 Å². The predicted molar refractivity (Wildman–Crippen MR) is 265 cm³/mol. The van der Waals surface area contributed by atoms with E-state index in [-0.39, 0.29) is 19.1 Å². The average molecular weight is 897 g/mol. The lowest BCUT2D eigenvalue weighted by Gasteiger charge is -2.29. The molecule has 0 heterocycles. The van der Waals surface area contributed by atoms with Gasteiger partial charge in [0.25, 0.3) is 7.82 Å². The van der Waals surface area contributed by atoms with Gasteiger partial charge in [-0.25, -0.2) is 0 Å². The number of carbonyl (C=O) groups is 1. The second kappa shape index (κ2) is 45.1.